The van der Waals surface area contributed by atoms with Gasteiger partial charge < -0.3 is 15.0 Å². The van der Waals surface area contributed by atoms with Crippen LogP contribution in [0.1, 0.15) is 24.8 Å². The van der Waals surface area contributed by atoms with Crippen LogP contribution < -0.4 is 15.0 Å². The number of halogens is 5. The summed E-state index contributed by atoms with van der Waals surface area (Å²) in [5, 5.41) is 2.78. The number of amides is 1. The topological polar surface area (TPSA) is 54.5 Å². The Kier molecular flexibility index (Phi) is 7.59. The van der Waals surface area contributed by atoms with Crippen LogP contribution >= 0.6 is 11.6 Å². The molecule has 0 radical (unpaired) electrons. The van der Waals surface area contributed by atoms with Crippen LogP contribution in [0.5, 0.6) is 5.75 Å². The third-order valence-electron chi connectivity index (χ3n) is 5.03. The number of para-hydroxylation sites is 1. The molecule has 0 unspecified atom stereocenters. The molecule has 168 valence electrons. The highest BCUT2D eigenvalue weighted by atomic mass is 35.5. The minimum Gasteiger partial charge on any atom is -0.490 e. The Bertz CT molecular complexity index is 902. The zero-order chi connectivity index (χ0) is 22.4. The fraction of sp³-hybridized carbons (Fsp3) is 0.429. The number of hydrogen-bond donors (Lipinski definition) is 1. The summed E-state index contributed by atoms with van der Waals surface area (Å²) in [5.41, 5.74) is -0.894. The molecule has 0 atom stereocenters. The van der Waals surface area contributed by atoms with Crippen LogP contribution in [0.2, 0.25) is 5.02 Å². The number of aromatic nitrogens is 1. The molecule has 5 nitrogen and oxygen atoms in total. The van der Waals surface area contributed by atoms with Gasteiger partial charge in [0.25, 0.3) is 0 Å². The number of ether oxygens (including phenoxy) is 1. The molecule has 0 bridgehead atoms. The molecule has 1 saturated heterocycles. The number of hydrogen-bond acceptors (Lipinski definition) is 4. The quantitative estimate of drug-likeness (QED) is 0.482. The number of rotatable bonds is 7. The number of alkyl halides is 3. The van der Waals surface area contributed by atoms with E-state index in [0.29, 0.717) is 44.7 Å². The smallest absolute Gasteiger partial charge is 0.417 e. The van der Waals surface area contributed by atoms with E-state index >= 15 is 0 Å². The van der Waals surface area contributed by atoms with Crippen LogP contribution in [0.4, 0.5) is 23.4 Å². The largest absolute Gasteiger partial charge is 0.490 e. The van der Waals surface area contributed by atoms with Gasteiger partial charge in [-0.1, -0.05) is 23.7 Å². The van der Waals surface area contributed by atoms with Gasteiger partial charge in [0.15, 0.2) is 11.6 Å². The summed E-state index contributed by atoms with van der Waals surface area (Å²) in [7, 11) is 0. The first-order chi connectivity index (χ1) is 14.8. The minimum absolute atomic E-state index is 0.0624. The lowest BCUT2D eigenvalue weighted by Crippen LogP contribution is -2.41. The maximum Gasteiger partial charge on any atom is 0.417 e. The number of anilines is 1. The molecule has 0 spiro atoms. The first kappa shape index (κ1) is 23.1. The van der Waals surface area contributed by atoms with E-state index in [4.69, 9.17) is 16.3 Å². The van der Waals surface area contributed by atoms with Crippen molar-refractivity contribution in [2.24, 2.45) is 5.92 Å². The van der Waals surface area contributed by atoms with E-state index in [0.717, 1.165) is 12.3 Å². The molecule has 1 aromatic carbocycles. The predicted octanol–water partition coefficient (Wildman–Crippen LogP) is 4.69. The lowest BCUT2D eigenvalue weighted by Gasteiger charge is -2.32. The van der Waals surface area contributed by atoms with Crippen molar-refractivity contribution in [1.29, 1.82) is 0 Å². The second-order valence-electron chi connectivity index (χ2n) is 7.21. The highest BCUT2D eigenvalue weighted by Gasteiger charge is 2.33. The van der Waals surface area contributed by atoms with Crippen molar-refractivity contribution in [1.82, 2.24) is 10.3 Å². The van der Waals surface area contributed by atoms with Crippen molar-refractivity contribution in [3.63, 3.8) is 0 Å². The van der Waals surface area contributed by atoms with Crippen LogP contribution in [0, 0.1) is 11.7 Å². The summed E-state index contributed by atoms with van der Waals surface area (Å²) in [6, 6.07) is 6.98. The molecule has 1 fully saturated rings. The zero-order valence-electron chi connectivity index (χ0n) is 16.6. The van der Waals surface area contributed by atoms with Gasteiger partial charge in [0.05, 0.1) is 17.2 Å². The van der Waals surface area contributed by atoms with Gasteiger partial charge in [0.2, 0.25) is 5.91 Å². The van der Waals surface area contributed by atoms with Crippen LogP contribution in [-0.4, -0.2) is 37.1 Å². The first-order valence-corrected chi connectivity index (χ1v) is 10.3. The average molecular weight is 460 g/mol. The number of carbonyl (C=O) groups is 1. The molecule has 1 amide bonds. The normalized spacial score (nSPS) is 15.1. The molecule has 10 heteroatoms. The molecule has 2 aromatic rings. The standard InChI is InChI=1S/C21H22ClF4N3O2/c22-16-12-15(21(24,25)26)13-28-19(16)29-9-6-14(7-10-29)20(30)27-8-3-11-31-18-5-2-1-4-17(18)23/h1-2,4-5,12-14H,3,6-11H2,(H,27,30). The Labute approximate surface area is 182 Å². The molecule has 3 rings (SSSR count). The molecular weight excluding hydrogens is 438 g/mol. The van der Waals surface area contributed by atoms with Crippen LogP contribution in [-0.2, 0) is 11.0 Å². The maximum absolute atomic E-state index is 13.5. The fourth-order valence-corrected chi connectivity index (χ4v) is 3.63. The Morgan fingerprint density at radius 2 is 1.97 bits per heavy atom. The van der Waals surface area contributed by atoms with Gasteiger partial charge >= 0.3 is 6.18 Å². The summed E-state index contributed by atoms with van der Waals surface area (Å²) in [4.78, 5) is 18.0. The number of nitrogens with zero attached hydrogens (tertiary/aromatic N) is 2. The van der Waals surface area contributed by atoms with Gasteiger partial charge in [-0.15, -0.1) is 0 Å². The minimum atomic E-state index is -4.50. The summed E-state index contributed by atoms with van der Waals surface area (Å²) < 4.78 is 57.1. The summed E-state index contributed by atoms with van der Waals surface area (Å²) in [6.45, 7) is 1.61. The van der Waals surface area contributed by atoms with E-state index in [1.54, 1.807) is 23.1 Å². The monoisotopic (exact) mass is 459 g/mol. The molecule has 2 heterocycles. The van der Waals surface area contributed by atoms with Gasteiger partial charge in [-0.3, -0.25) is 4.79 Å². The van der Waals surface area contributed by atoms with E-state index in [1.807, 2.05) is 0 Å². The Balaban J connectivity index is 1.40. The number of pyridine rings is 1. The lowest BCUT2D eigenvalue weighted by molar-refractivity contribution is -0.137. The van der Waals surface area contributed by atoms with Gasteiger partial charge in [0, 0.05) is 31.7 Å². The van der Waals surface area contributed by atoms with Crippen molar-refractivity contribution in [3.05, 3.63) is 52.9 Å². The maximum atomic E-state index is 13.5. The lowest BCUT2D eigenvalue weighted by atomic mass is 9.96. The molecule has 0 aliphatic carbocycles. The molecule has 1 aliphatic rings. The summed E-state index contributed by atoms with van der Waals surface area (Å²) in [6.07, 6.45) is -2.12. The van der Waals surface area contributed by atoms with Crippen molar-refractivity contribution in [3.8, 4) is 5.75 Å². The van der Waals surface area contributed by atoms with Gasteiger partial charge in [0.1, 0.15) is 5.82 Å². The summed E-state index contributed by atoms with van der Waals surface area (Å²) in [5.74, 6) is -0.245. The highest BCUT2D eigenvalue weighted by molar-refractivity contribution is 6.33. The van der Waals surface area contributed by atoms with E-state index in [-0.39, 0.29) is 29.2 Å². The Morgan fingerprint density at radius 3 is 2.61 bits per heavy atom. The Hall–Kier alpha value is -2.55. The predicted molar refractivity (Wildman–Crippen MR) is 109 cm³/mol. The van der Waals surface area contributed by atoms with Crippen molar-refractivity contribution >= 4 is 23.3 Å². The third kappa shape index (κ3) is 6.22. The van der Waals surface area contributed by atoms with Gasteiger partial charge in [-0.2, -0.15) is 13.2 Å². The third-order valence-corrected chi connectivity index (χ3v) is 5.31. The van der Waals surface area contributed by atoms with E-state index in [1.165, 1.54) is 6.07 Å². The zero-order valence-corrected chi connectivity index (χ0v) is 17.3. The molecule has 31 heavy (non-hydrogen) atoms. The van der Waals surface area contributed by atoms with Crippen molar-refractivity contribution < 1.29 is 27.1 Å². The van der Waals surface area contributed by atoms with Crippen LogP contribution in [0.3, 0.4) is 0 Å². The van der Waals surface area contributed by atoms with Crippen LogP contribution in [0.15, 0.2) is 36.5 Å². The Morgan fingerprint density at radius 1 is 1.26 bits per heavy atom. The van der Waals surface area contributed by atoms with E-state index < -0.39 is 17.6 Å². The molecule has 1 N–H and O–H groups in total. The second-order valence-corrected chi connectivity index (χ2v) is 7.62. The molecular formula is C21H22ClF4N3O2. The fourth-order valence-electron chi connectivity index (χ4n) is 3.34. The average Bonchev–Trinajstić information content (AvgIpc) is 2.74. The van der Waals surface area contributed by atoms with Gasteiger partial charge in [-0.25, -0.2) is 9.37 Å². The van der Waals surface area contributed by atoms with Gasteiger partial charge in [-0.05, 0) is 37.5 Å². The summed E-state index contributed by atoms with van der Waals surface area (Å²) >= 11 is 6.00. The first-order valence-electron chi connectivity index (χ1n) is 9.88. The van der Waals surface area contributed by atoms with Crippen molar-refractivity contribution in [2.45, 2.75) is 25.4 Å². The second kappa shape index (κ2) is 10.2. The van der Waals surface area contributed by atoms with Crippen LogP contribution in [0.25, 0.3) is 0 Å². The van der Waals surface area contributed by atoms with Crippen molar-refractivity contribution in [2.75, 3.05) is 31.1 Å². The SMILES string of the molecule is O=C(NCCCOc1ccccc1F)C1CCN(c2ncc(C(F)(F)F)cc2Cl)CC1. The molecule has 1 aliphatic heterocycles. The van der Waals surface area contributed by atoms with E-state index in [9.17, 15) is 22.4 Å². The molecule has 0 saturated carbocycles. The highest BCUT2D eigenvalue weighted by Crippen LogP contribution is 2.34. The number of piperidine rings is 1. The van der Waals surface area contributed by atoms with E-state index in [2.05, 4.69) is 10.3 Å². The molecule has 1 aromatic heterocycles. The number of nitrogens with one attached hydrogen (secondary N) is 1. The number of benzene rings is 1. The number of carbonyl (C=O) groups excluding carboxylic acids is 1.